The number of aliphatic hydroxyl groups excluding tert-OH is 4. The molecule has 0 saturated heterocycles. The standard InChI is InChI=1S/C21H44O4S4/c1-5-6-7-8-20(25)12-29-16-21(13-26-9-17(2)22,14-27-10-18(3)23)15-28-11-19(4)24/h17-20,22-25H,5-16H2,1-4H3. The second-order valence-electron chi connectivity index (χ2n) is 8.26. The van der Waals surface area contributed by atoms with E-state index < -0.39 is 0 Å². The molecule has 0 rings (SSSR count). The van der Waals surface area contributed by atoms with Crippen LogP contribution >= 0.6 is 47.0 Å². The fourth-order valence-corrected chi connectivity index (χ4v) is 8.38. The number of unbranched alkanes of at least 4 members (excludes halogenated alkanes) is 2. The molecule has 0 aromatic rings. The third-order valence-corrected chi connectivity index (χ3v) is 10.2. The van der Waals surface area contributed by atoms with Gasteiger partial charge >= 0.3 is 0 Å². The van der Waals surface area contributed by atoms with Gasteiger partial charge in [0.2, 0.25) is 0 Å². The van der Waals surface area contributed by atoms with Gasteiger partial charge in [-0.05, 0) is 27.2 Å². The largest absolute Gasteiger partial charge is 0.393 e. The molecule has 4 atom stereocenters. The van der Waals surface area contributed by atoms with Crippen LogP contribution < -0.4 is 0 Å². The predicted octanol–water partition coefficient (Wildman–Crippen LogP) is 3.99. The van der Waals surface area contributed by atoms with Gasteiger partial charge in [-0.15, -0.1) is 0 Å². The Kier molecular flexibility index (Phi) is 19.6. The van der Waals surface area contributed by atoms with Gasteiger partial charge in [0.05, 0.1) is 24.4 Å². The van der Waals surface area contributed by atoms with Crippen molar-refractivity contribution in [3.8, 4) is 0 Å². The first-order valence-electron chi connectivity index (χ1n) is 10.7. The predicted molar refractivity (Wildman–Crippen MR) is 137 cm³/mol. The minimum absolute atomic E-state index is 0.0481. The van der Waals surface area contributed by atoms with Crippen LogP contribution in [0.15, 0.2) is 0 Å². The van der Waals surface area contributed by atoms with Gasteiger partial charge in [0, 0.05) is 51.4 Å². The van der Waals surface area contributed by atoms with Crippen LogP contribution in [-0.4, -0.2) is 90.9 Å². The first-order valence-corrected chi connectivity index (χ1v) is 15.4. The van der Waals surface area contributed by atoms with Gasteiger partial charge in [-0.3, -0.25) is 0 Å². The SMILES string of the molecule is CCCCCC(O)CSCC(CSCC(C)O)(CSCC(C)O)CSCC(C)O. The Hall–Kier alpha value is 1.24. The molecule has 0 aliphatic heterocycles. The molecule has 0 spiro atoms. The summed E-state index contributed by atoms with van der Waals surface area (Å²) in [5, 5.41) is 39.3. The molecule has 0 aromatic heterocycles. The zero-order chi connectivity index (χ0) is 22.1. The highest BCUT2D eigenvalue weighted by Crippen LogP contribution is 2.36. The molecule has 0 aromatic carbocycles. The molecule has 0 radical (unpaired) electrons. The second kappa shape index (κ2) is 18.8. The van der Waals surface area contributed by atoms with Crippen LogP contribution in [0, 0.1) is 5.41 Å². The lowest BCUT2D eigenvalue weighted by molar-refractivity contribution is 0.185. The maximum Gasteiger partial charge on any atom is 0.0630 e. The Morgan fingerprint density at radius 3 is 1.34 bits per heavy atom. The molecule has 0 aliphatic carbocycles. The lowest BCUT2D eigenvalue weighted by Gasteiger charge is -2.34. The van der Waals surface area contributed by atoms with Crippen LogP contribution in [0.1, 0.15) is 53.4 Å². The second-order valence-corrected chi connectivity index (χ2v) is 12.4. The van der Waals surface area contributed by atoms with Crippen LogP contribution in [0.3, 0.4) is 0 Å². The van der Waals surface area contributed by atoms with Crippen LogP contribution in [0.5, 0.6) is 0 Å². The zero-order valence-corrected chi connectivity index (χ0v) is 22.0. The summed E-state index contributed by atoms with van der Waals surface area (Å²) >= 11 is 7.18. The molecule has 8 heteroatoms. The summed E-state index contributed by atoms with van der Waals surface area (Å²) in [6.07, 6.45) is 3.10. The topological polar surface area (TPSA) is 80.9 Å². The van der Waals surface area contributed by atoms with E-state index in [-0.39, 0.29) is 29.8 Å². The molecule has 4 unspecified atom stereocenters. The van der Waals surface area contributed by atoms with Gasteiger partial charge < -0.3 is 20.4 Å². The molecule has 0 fully saturated rings. The fourth-order valence-electron chi connectivity index (χ4n) is 2.71. The van der Waals surface area contributed by atoms with Gasteiger partial charge in [0.15, 0.2) is 0 Å². The van der Waals surface area contributed by atoms with E-state index in [0.717, 1.165) is 41.6 Å². The summed E-state index contributed by atoms with van der Waals surface area (Å²) in [6, 6.07) is 0. The lowest BCUT2D eigenvalue weighted by atomic mass is 9.99. The van der Waals surface area contributed by atoms with E-state index in [4.69, 9.17) is 0 Å². The van der Waals surface area contributed by atoms with Crippen molar-refractivity contribution < 1.29 is 20.4 Å². The maximum atomic E-state index is 10.3. The Bertz CT molecular complexity index is 335. The molecule has 0 bridgehead atoms. The minimum atomic E-state index is -0.319. The average molecular weight is 489 g/mol. The van der Waals surface area contributed by atoms with Crippen molar-refractivity contribution in [2.24, 2.45) is 5.41 Å². The summed E-state index contributed by atoms with van der Waals surface area (Å²) in [5.41, 5.74) is 0.0481. The van der Waals surface area contributed by atoms with Crippen molar-refractivity contribution in [3.05, 3.63) is 0 Å². The Morgan fingerprint density at radius 2 is 1.00 bits per heavy atom. The molecule has 4 N–H and O–H groups in total. The van der Waals surface area contributed by atoms with Gasteiger partial charge in [0.1, 0.15) is 0 Å². The van der Waals surface area contributed by atoms with E-state index in [1.54, 1.807) is 35.3 Å². The monoisotopic (exact) mass is 488 g/mol. The van der Waals surface area contributed by atoms with E-state index >= 15 is 0 Å². The van der Waals surface area contributed by atoms with Crippen LogP contribution in [0.2, 0.25) is 0 Å². The fraction of sp³-hybridized carbons (Fsp3) is 1.00. The molecule has 29 heavy (non-hydrogen) atoms. The summed E-state index contributed by atoms with van der Waals surface area (Å²) in [5.74, 6) is 6.68. The highest BCUT2D eigenvalue weighted by molar-refractivity contribution is 8.02. The number of rotatable bonds is 20. The first-order chi connectivity index (χ1) is 13.7. The van der Waals surface area contributed by atoms with Crippen LogP contribution in [0.25, 0.3) is 0 Å². The third-order valence-electron chi connectivity index (χ3n) is 4.16. The summed E-state index contributed by atoms with van der Waals surface area (Å²) in [7, 11) is 0. The highest BCUT2D eigenvalue weighted by Gasteiger charge is 2.31. The quantitative estimate of drug-likeness (QED) is 0.192. The number of aliphatic hydroxyl groups is 4. The molecule has 0 aliphatic rings. The van der Waals surface area contributed by atoms with Gasteiger partial charge in [-0.2, -0.15) is 47.0 Å². The summed E-state index contributed by atoms with van der Waals surface area (Å²) < 4.78 is 0. The van der Waals surface area contributed by atoms with Crippen molar-refractivity contribution in [1.29, 1.82) is 0 Å². The Balaban J connectivity index is 4.87. The molecular formula is C21H44O4S4. The number of hydrogen-bond acceptors (Lipinski definition) is 8. The van der Waals surface area contributed by atoms with Crippen molar-refractivity contribution in [2.75, 3.05) is 46.0 Å². The molecule has 176 valence electrons. The molecule has 4 nitrogen and oxygen atoms in total. The van der Waals surface area contributed by atoms with Crippen molar-refractivity contribution >= 4 is 47.0 Å². The Morgan fingerprint density at radius 1 is 0.621 bits per heavy atom. The normalized spacial score (nSPS) is 18.2. The number of hydrogen-bond donors (Lipinski definition) is 4. The molecule has 0 saturated carbocycles. The van der Waals surface area contributed by atoms with E-state index in [2.05, 4.69) is 6.92 Å². The summed E-state index contributed by atoms with van der Waals surface area (Å²) in [6.45, 7) is 7.64. The van der Waals surface area contributed by atoms with Gasteiger partial charge in [-0.1, -0.05) is 26.2 Å². The average Bonchev–Trinajstić information content (AvgIpc) is 2.61. The minimum Gasteiger partial charge on any atom is -0.393 e. The van der Waals surface area contributed by atoms with E-state index in [1.807, 2.05) is 32.5 Å². The smallest absolute Gasteiger partial charge is 0.0630 e. The zero-order valence-electron chi connectivity index (χ0n) is 18.7. The van der Waals surface area contributed by atoms with Crippen LogP contribution in [0.4, 0.5) is 0 Å². The first kappa shape index (κ1) is 30.2. The van der Waals surface area contributed by atoms with E-state index in [1.165, 1.54) is 12.8 Å². The van der Waals surface area contributed by atoms with Crippen molar-refractivity contribution in [2.45, 2.75) is 77.8 Å². The highest BCUT2D eigenvalue weighted by atomic mass is 32.2. The lowest BCUT2D eigenvalue weighted by Crippen LogP contribution is -2.35. The van der Waals surface area contributed by atoms with Gasteiger partial charge in [0.25, 0.3) is 0 Å². The van der Waals surface area contributed by atoms with Crippen molar-refractivity contribution in [1.82, 2.24) is 0 Å². The third kappa shape index (κ3) is 18.5. The van der Waals surface area contributed by atoms with Crippen molar-refractivity contribution in [3.63, 3.8) is 0 Å². The Labute approximate surface area is 196 Å². The number of thioether (sulfide) groups is 4. The molecule has 0 amide bonds. The molecular weight excluding hydrogens is 444 g/mol. The van der Waals surface area contributed by atoms with E-state index in [9.17, 15) is 20.4 Å². The maximum absolute atomic E-state index is 10.3. The van der Waals surface area contributed by atoms with E-state index in [0.29, 0.717) is 17.3 Å². The summed E-state index contributed by atoms with van der Waals surface area (Å²) in [4.78, 5) is 0. The molecule has 0 heterocycles. The van der Waals surface area contributed by atoms with Crippen LogP contribution in [-0.2, 0) is 0 Å². The van der Waals surface area contributed by atoms with Gasteiger partial charge in [-0.25, -0.2) is 0 Å².